The molecule has 0 saturated heterocycles. The molecule has 4 heteroatoms. The van der Waals surface area contributed by atoms with Gasteiger partial charge < -0.3 is 15.2 Å². The van der Waals surface area contributed by atoms with E-state index >= 15 is 0 Å². The van der Waals surface area contributed by atoms with Crippen LogP contribution in [0, 0.1) is 17.2 Å². The van der Waals surface area contributed by atoms with Gasteiger partial charge in [-0.1, -0.05) is 6.92 Å². The summed E-state index contributed by atoms with van der Waals surface area (Å²) in [4.78, 5) is 0. The van der Waals surface area contributed by atoms with Crippen molar-refractivity contribution in [3.05, 3.63) is 23.8 Å². The fraction of sp³-hybridized carbons (Fsp3) is 0.562. The minimum absolute atomic E-state index is 0.0851. The predicted octanol–water partition coefficient (Wildman–Crippen LogP) is 2.92. The molecule has 0 spiro atoms. The van der Waals surface area contributed by atoms with Crippen molar-refractivity contribution in [3.8, 4) is 11.8 Å². The van der Waals surface area contributed by atoms with E-state index in [4.69, 9.17) is 4.74 Å². The normalized spacial score (nSPS) is 25.8. The van der Waals surface area contributed by atoms with Crippen molar-refractivity contribution in [2.45, 2.75) is 38.1 Å². The molecule has 1 fully saturated rings. The minimum atomic E-state index is -0.315. The Labute approximate surface area is 120 Å². The third-order valence-electron chi connectivity index (χ3n) is 4.28. The number of anilines is 1. The molecule has 2 rings (SSSR count). The average molecular weight is 274 g/mol. The first-order valence-corrected chi connectivity index (χ1v) is 7.09. The standard InChI is InChI=1S/C16H22N2O2/c1-12-5-7-16(11-19,8-6-12)18-15-9-14(20-2)4-3-13(15)10-17/h3-4,9,12,18-19H,5-8,11H2,1-2H3. The summed E-state index contributed by atoms with van der Waals surface area (Å²) in [5.41, 5.74) is 1.01. The van der Waals surface area contributed by atoms with E-state index in [0.717, 1.165) is 31.4 Å². The molecule has 1 aromatic rings. The van der Waals surface area contributed by atoms with Crippen LogP contribution in [-0.2, 0) is 0 Å². The summed E-state index contributed by atoms with van der Waals surface area (Å²) in [6.07, 6.45) is 4.04. The maximum Gasteiger partial charge on any atom is 0.121 e. The Balaban J connectivity index is 2.25. The highest BCUT2D eigenvalue weighted by Gasteiger charge is 2.34. The molecule has 4 nitrogen and oxygen atoms in total. The van der Waals surface area contributed by atoms with Crippen molar-refractivity contribution in [1.29, 1.82) is 5.26 Å². The monoisotopic (exact) mass is 274 g/mol. The van der Waals surface area contributed by atoms with E-state index < -0.39 is 0 Å². The van der Waals surface area contributed by atoms with Crippen LogP contribution in [0.3, 0.4) is 0 Å². The van der Waals surface area contributed by atoms with Crippen LogP contribution in [0.15, 0.2) is 18.2 Å². The molecule has 1 aliphatic rings. The second-order valence-electron chi connectivity index (χ2n) is 5.77. The molecular weight excluding hydrogens is 252 g/mol. The maximum absolute atomic E-state index is 9.80. The number of aliphatic hydroxyl groups is 1. The van der Waals surface area contributed by atoms with Crippen molar-refractivity contribution in [1.82, 2.24) is 0 Å². The second-order valence-corrected chi connectivity index (χ2v) is 5.77. The molecule has 0 aromatic heterocycles. The maximum atomic E-state index is 9.80. The first kappa shape index (κ1) is 14.7. The zero-order valence-electron chi connectivity index (χ0n) is 12.1. The number of nitriles is 1. The third-order valence-corrected chi connectivity index (χ3v) is 4.28. The summed E-state index contributed by atoms with van der Waals surface area (Å²) in [6, 6.07) is 7.54. The molecule has 1 aliphatic carbocycles. The zero-order valence-corrected chi connectivity index (χ0v) is 12.1. The van der Waals surface area contributed by atoms with Crippen molar-refractivity contribution < 1.29 is 9.84 Å². The van der Waals surface area contributed by atoms with E-state index in [0.29, 0.717) is 17.2 Å². The molecule has 0 amide bonds. The van der Waals surface area contributed by atoms with Gasteiger partial charge in [0.25, 0.3) is 0 Å². The molecule has 0 bridgehead atoms. The van der Waals surface area contributed by atoms with Gasteiger partial charge in [0.1, 0.15) is 11.8 Å². The lowest BCUT2D eigenvalue weighted by Crippen LogP contribution is -2.45. The van der Waals surface area contributed by atoms with E-state index in [1.54, 1.807) is 19.2 Å². The molecule has 108 valence electrons. The van der Waals surface area contributed by atoms with Gasteiger partial charge in [-0.05, 0) is 43.7 Å². The Morgan fingerprint density at radius 3 is 2.70 bits per heavy atom. The number of ether oxygens (including phenoxy) is 1. The smallest absolute Gasteiger partial charge is 0.121 e. The summed E-state index contributed by atoms with van der Waals surface area (Å²) >= 11 is 0. The molecule has 0 heterocycles. The Morgan fingerprint density at radius 2 is 2.15 bits per heavy atom. The van der Waals surface area contributed by atoms with E-state index in [9.17, 15) is 10.4 Å². The highest BCUT2D eigenvalue weighted by Crippen LogP contribution is 2.35. The van der Waals surface area contributed by atoms with E-state index in [1.165, 1.54) is 0 Å². The van der Waals surface area contributed by atoms with Crippen molar-refractivity contribution in [2.75, 3.05) is 19.0 Å². The molecule has 1 aromatic carbocycles. The SMILES string of the molecule is COc1ccc(C#N)c(NC2(CO)CCC(C)CC2)c1. The molecule has 20 heavy (non-hydrogen) atoms. The molecule has 0 atom stereocenters. The predicted molar refractivity (Wildman–Crippen MR) is 78.8 cm³/mol. The van der Waals surface area contributed by atoms with E-state index in [2.05, 4.69) is 18.3 Å². The number of nitrogens with one attached hydrogen (secondary N) is 1. The average Bonchev–Trinajstić information content (AvgIpc) is 2.49. The Hall–Kier alpha value is -1.73. The number of methoxy groups -OCH3 is 1. The van der Waals surface area contributed by atoms with Crippen LogP contribution in [0.1, 0.15) is 38.2 Å². The summed E-state index contributed by atoms with van der Waals surface area (Å²) in [5.74, 6) is 1.42. The number of hydrogen-bond donors (Lipinski definition) is 2. The highest BCUT2D eigenvalue weighted by molar-refractivity contribution is 5.61. The van der Waals surface area contributed by atoms with Crippen LogP contribution in [0.4, 0.5) is 5.69 Å². The van der Waals surface area contributed by atoms with Crippen LogP contribution in [0.25, 0.3) is 0 Å². The van der Waals surface area contributed by atoms with Gasteiger partial charge in [-0.15, -0.1) is 0 Å². The van der Waals surface area contributed by atoms with Gasteiger partial charge in [-0.2, -0.15) is 5.26 Å². The Kier molecular flexibility index (Phi) is 4.51. The summed E-state index contributed by atoms with van der Waals surface area (Å²) in [5, 5.41) is 22.4. The van der Waals surface area contributed by atoms with Crippen LogP contribution in [-0.4, -0.2) is 24.4 Å². The first-order chi connectivity index (χ1) is 9.62. The first-order valence-electron chi connectivity index (χ1n) is 7.09. The van der Waals surface area contributed by atoms with Gasteiger partial charge >= 0.3 is 0 Å². The van der Waals surface area contributed by atoms with Crippen molar-refractivity contribution in [2.24, 2.45) is 5.92 Å². The van der Waals surface area contributed by atoms with Crippen LogP contribution in [0.2, 0.25) is 0 Å². The summed E-state index contributed by atoms with van der Waals surface area (Å²) < 4.78 is 5.22. The number of aliphatic hydroxyl groups excluding tert-OH is 1. The lowest BCUT2D eigenvalue weighted by atomic mass is 9.77. The molecule has 0 unspecified atom stereocenters. The van der Waals surface area contributed by atoms with Crippen molar-refractivity contribution >= 4 is 5.69 Å². The van der Waals surface area contributed by atoms with Crippen LogP contribution >= 0.6 is 0 Å². The fourth-order valence-corrected chi connectivity index (χ4v) is 2.77. The Bertz CT molecular complexity index is 500. The van der Waals surface area contributed by atoms with E-state index in [-0.39, 0.29) is 12.1 Å². The van der Waals surface area contributed by atoms with Crippen molar-refractivity contribution in [3.63, 3.8) is 0 Å². The summed E-state index contributed by atoms with van der Waals surface area (Å²) in [6.45, 7) is 2.33. The molecule has 0 radical (unpaired) electrons. The highest BCUT2D eigenvalue weighted by atomic mass is 16.5. The van der Waals surface area contributed by atoms with Gasteiger partial charge in [0, 0.05) is 6.07 Å². The van der Waals surface area contributed by atoms with E-state index in [1.807, 2.05) is 6.07 Å². The minimum Gasteiger partial charge on any atom is -0.497 e. The van der Waals surface area contributed by atoms with Gasteiger partial charge in [-0.3, -0.25) is 0 Å². The van der Waals surface area contributed by atoms with Gasteiger partial charge in [-0.25, -0.2) is 0 Å². The number of rotatable bonds is 4. The topological polar surface area (TPSA) is 65.3 Å². The molecular formula is C16H22N2O2. The lowest BCUT2D eigenvalue weighted by Gasteiger charge is -2.39. The zero-order chi connectivity index (χ0) is 14.6. The van der Waals surface area contributed by atoms with Crippen LogP contribution < -0.4 is 10.1 Å². The quantitative estimate of drug-likeness (QED) is 0.886. The third kappa shape index (κ3) is 3.05. The van der Waals surface area contributed by atoms with Gasteiger partial charge in [0.15, 0.2) is 0 Å². The molecule has 1 saturated carbocycles. The lowest BCUT2D eigenvalue weighted by molar-refractivity contribution is 0.155. The molecule has 0 aliphatic heterocycles. The largest absolute Gasteiger partial charge is 0.497 e. The molecule has 2 N–H and O–H groups in total. The summed E-state index contributed by atoms with van der Waals surface area (Å²) in [7, 11) is 1.61. The number of hydrogen-bond acceptors (Lipinski definition) is 4. The fourth-order valence-electron chi connectivity index (χ4n) is 2.77. The number of nitrogens with zero attached hydrogens (tertiary/aromatic N) is 1. The Morgan fingerprint density at radius 1 is 1.45 bits per heavy atom. The van der Waals surface area contributed by atoms with Gasteiger partial charge in [0.2, 0.25) is 0 Å². The number of benzene rings is 1. The van der Waals surface area contributed by atoms with Crippen LogP contribution in [0.5, 0.6) is 5.75 Å². The second kappa shape index (κ2) is 6.15. The van der Waals surface area contributed by atoms with Gasteiger partial charge in [0.05, 0.1) is 30.5 Å².